The second kappa shape index (κ2) is 10.8. The van der Waals surface area contributed by atoms with Gasteiger partial charge in [-0.2, -0.15) is 0 Å². The van der Waals surface area contributed by atoms with E-state index >= 15 is 0 Å². The van der Waals surface area contributed by atoms with E-state index in [0.717, 1.165) is 22.6 Å². The molecule has 0 unspecified atom stereocenters. The van der Waals surface area contributed by atoms with E-state index in [0.29, 0.717) is 29.4 Å². The Morgan fingerprint density at radius 1 is 1.09 bits per heavy atom. The molecule has 0 spiro atoms. The van der Waals surface area contributed by atoms with Crippen molar-refractivity contribution in [2.75, 3.05) is 24.7 Å². The molecule has 0 saturated heterocycles. The Morgan fingerprint density at radius 2 is 1.84 bits per heavy atom. The Kier molecular flexibility index (Phi) is 7.88. The topological polar surface area (TPSA) is 98.1 Å². The summed E-state index contributed by atoms with van der Waals surface area (Å²) in [6.45, 7) is 4.43. The maximum atomic E-state index is 12.3. The summed E-state index contributed by atoms with van der Waals surface area (Å²) in [4.78, 5) is 24.6. The molecular formula is C23H27N5O3S. The number of nitrogens with one attached hydrogen (secondary N) is 2. The van der Waals surface area contributed by atoms with Crippen LogP contribution in [0.4, 0.5) is 5.69 Å². The molecule has 0 saturated carbocycles. The fourth-order valence-corrected chi connectivity index (χ4v) is 3.75. The number of anilines is 1. The summed E-state index contributed by atoms with van der Waals surface area (Å²) < 4.78 is 6.94. The molecular weight excluding hydrogens is 426 g/mol. The number of hydrogen-bond donors (Lipinski definition) is 2. The summed E-state index contributed by atoms with van der Waals surface area (Å²) in [5.41, 5.74) is 3.58. The average molecular weight is 454 g/mol. The van der Waals surface area contributed by atoms with Gasteiger partial charge >= 0.3 is 0 Å². The van der Waals surface area contributed by atoms with Crippen LogP contribution in [0.5, 0.6) is 5.75 Å². The SMILES string of the molecule is COc1ccc(C(=O)NCCc2nnc(SCC(=O)Nc3cccc(C)c3C)n2C)cc1. The number of thioether (sulfide) groups is 1. The van der Waals surface area contributed by atoms with E-state index < -0.39 is 0 Å². The van der Waals surface area contributed by atoms with E-state index in [9.17, 15) is 9.59 Å². The monoisotopic (exact) mass is 453 g/mol. The Labute approximate surface area is 191 Å². The minimum atomic E-state index is -0.160. The number of methoxy groups -OCH3 is 1. The van der Waals surface area contributed by atoms with Crippen LogP contribution in [0.15, 0.2) is 47.6 Å². The highest BCUT2D eigenvalue weighted by Crippen LogP contribution is 2.20. The predicted molar refractivity (Wildman–Crippen MR) is 125 cm³/mol. The molecule has 2 aromatic carbocycles. The van der Waals surface area contributed by atoms with E-state index in [4.69, 9.17) is 4.74 Å². The van der Waals surface area contributed by atoms with Crippen molar-refractivity contribution in [3.63, 3.8) is 0 Å². The molecule has 0 aliphatic carbocycles. The Morgan fingerprint density at radius 3 is 2.56 bits per heavy atom. The van der Waals surface area contributed by atoms with Gasteiger partial charge in [-0.05, 0) is 55.3 Å². The van der Waals surface area contributed by atoms with Gasteiger partial charge in [-0.1, -0.05) is 23.9 Å². The third kappa shape index (κ3) is 5.88. The largest absolute Gasteiger partial charge is 0.497 e. The molecule has 8 nitrogen and oxygen atoms in total. The van der Waals surface area contributed by atoms with Gasteiger partial charge in [0.25, 0.3) is 5.91 Å². The number of rotatable bonds is 9. The van der Waals surface area contributed by atoms with Crippen LogP contribution in [0.1, 0.15) is 27.3 Å². The van der Waals surface area contributed by atoms with E-state index in [1.165, 1.54) is 11.8 Å². The number of nitrogens with zero attached hydrogens (tertiary/aromatic N) is 3. The molecule has 3 rings (SSSR count). The zero-order valence-electron chi connectivity index (χ0n) is 18.6. The van der Waals surface area contributed by atoms with Gasteiger partial charge in [0.05, 0.1) is 12.9 Å². The first-order valence-corrected chi connectivity index (χ1v) is 11.2. The van der Waals surface area contributed by atoms with Crippen LogP contribution in [-0.2, 0) is 18.3 Å². The Bertz CT molecular complexity index is 1100. The molecule has 168 valence electrons. The summed E-state index contributed by atoms with van der Waals surface area (Å²) in [5.74, 6) is 1.41. The number of aryl methyl sites for hydroxylation is 1. The highest BCUT2D eigenvalue weighted by molar-refractivity contribution is 7.99. The average Bonchev–Trinajstić information content (AvgIpc) is 3.15. The van der Waals surface area contributed by atoms with Crippen molar-refractivity contribution >= 4 is 29.3 Å². The van der Waals surface area contributed by atoms with Crippen LogP contribution in [0.2, 0.25) is 0 Å². The summed E-state index contributed by atoms with van der Waals surface area (Å²) in [5, 5.41) is 14.8. The van der Waals surface area contributed by atoms with Gasteiger partial charge in [0, 0.05) is 31.3 Å². The lowest BCUT2D eigenvalue weighted by atomic mass is 10.1. The second-order valence-electron chi connectivity index (χ2n) is 7.28. The number of carbonyl (C=O) groups excluding carboxylic acids is 2. The maximum Gasteiger partial charge on any atom is 0.251 e. The molecule has 1 heterocycles. The molecule has 3 aromatic rings. The molecule has 0 aliphatic heterocycles. The van der Waals surface area contributed by atoms with E-state index in [2.05, 4.69) is 20.8 Å². The third-order valence-corrected chi connectivity index (χ3v) is 6.14. The maximum absolute atomic E-state index is 12.3. The first-order valence-electron chi connectivity index (χ1n) is 10.2. The van der Waals surface area contributed by atoms with Crippen LogP contribution in [0.3, 0.4) is 0 Å². The lowest BCUT2D eigenvalue weighted by Gasteiger charge is -2.10. The summed E-state index contributed by atoms with van der Waals surface area (Å²) in [6, 6.07) is 12.8. The lowest BCUT2D eigenvalue weighted by molar-refractivity contribution is -0.113. The molecule has 32 heavy (non-hydrogen) atoms. The van der Waals surface area contributed by atoms with Gasteiger partial charge < -0.3 is 19.9 Å². The van der Waals surface area contributed by atoms with Crippen LogP contribution in [-0.4, -0.2) is 46.0 Å². The molecule has 1 aromatic heterocycles. The van der Waals surface area contributed by atoms with Gasteiger partial charge in [-0.15, -0.1) is 10.2 Å². The van der Waals surface area contributed by atoms with Crippen LogP contribution < -0.4 is 15.4 Å². The van der Waals surface area contributed by atoms with E-state index in [1.807, 2.05) is 43.7 Å². The van der Waals surface area contributed by atoms with Gasteiger partial charge in [-0.25, -0.2) is 0 Å². The highest BCUT2D eigenvalue weighted by Gasteiger charge is 2.13. The van der Waals surface area contributed by atoms with E-state index in [1.54, 1.807) is 31.4 Å². The first kappa shape index (κ1) is 23.3. The quantitative estimate of drug-likeness (QED) is 0.483. The van der Waals surface area contributed by atoms with Crippen molar-refractivity contribution in [1.82, 2.24) is 20.1 Å². The van der Waals surface area contributed by atoms with Gasteiger partial charge in [0.2, 0.25) is 5.91 Å². The fraction of sp³-hybridized carbons (Fsp3) is 0.304. The number of amides is 2. The molecule has 0 fully saturated rings. The van der Waals surface area contributed by atoms with Gasteiger partial charge in [0.1, 0.15) is 11.6 Å². The van der Waals surface area contributed by atoms with Crippen LogP contribution in [0.25, 0.3) is 0 Å². The van der Waals surface area contributed by atoms with Crippen molar-refractivity contribution in [3.8, 4) is 5.75 Å². The Hall–Kier alpha value is -3.33. The van der Waals surface area contributed by atoms with Crippen LogP contribution >= 0.6 is 11.8 Å². The number of ether oxygens (including phenoxy) is 1. The molecule has 0 radical (unpaired) electrons. The lowest BCUT2D eigenvalue weighted by Crippen LogP contribution is -2.26. The minimum Gasteiger partial charge on any atom is -0.497 e. The normalized spacial score (nSPS) is 10.6. The highest BCUT2D eigenvalue weighted by atomic mass is 32.2. The third-order valence-electron chi connectivity index (χ3n) is 5.12. The van der Waals surface area contributed by atoms with Gasteiger partial charge in [0.15, 0.2) is 5.16 Å². The first-order chi connectivity index (χ1) is 15.4. The minimum absolute atomic E-state index is 0.0972. The molecule has 2 amide bonds. The molecule has 0 bridgehead atoms. The smallest absolute Gasteiger partial charge is 0.251 e. The summed E-state index contributed by atoms with van der Waals surface area (Å²) >= 11 is 1.32. The molecule has 0 aliphatic rings. The Balaban J connectivity index is 1.47. The summed E-state index contributed by atoms with van der Waals surface area (Å²) in [7, 11) is 3.44. The van der Waals surface area contributed by atoms with Crippen molar-refractivity contribution in [2.24, 2.45) is 7.05 Å². The molecule has 0 atom stereocenters. The van der Waals surface area contributed by atoms with Crippen molar-refractivity contribution < 1.29 is 14.3 Å². The standard InChI is InChI=1S/C23H27N5O3S/c1-15-6-5-7-19(16(15)2)25-21(29)14-32-23-27-26-20(28(23)3)12-13-24-22(30)17-8-10-18(31-4)11-9-17/h5-11H,12-14H2,1-4H3,(H,24,30)(H,25,29). The molecule has 9 heteroatoms. The van der Waals surface area contributed by atoms with E-state index in [-0.39, 0.29) is 17.6 Å². The second-order valence-corrected chi connectivity index (χ2v) is 8.22. The van der Waals surface area contributed by atoms with Crippen molar-refractivity contribution in [3.05, 3.63) is 65.0 Å². The fourth-order valence-electron chi connectivity index (χ4n) is 3.02. The summed E-state index contributed by atoms with van der Waals surface area (Å²) in [6.07, 6.45) is 0.528. The number of benzene rings is 2. The zero-order chi connectivity index (χ0) is 23.1. The zero-order valence-corrected chi connectivity index (χ0v) is 19.5. The number of hydrogen-bond acceptors (Lipinski definition) is 6. The van der Waals surface area contributed by atoms with Crippen LogP contribution in [0, 0.1) is 13.8 Å². The number of aromatic nitrogens is 3. The molecule has 2 N–H and O–H groups in total. The predicted octanol–water partition coefficient (Wildman–Crippen LogP) is 3.14. The van der Waals surface area contributed by atoms with Crippen molar-refractivity contribution in [2.45, 2.75) is 25.4 Å². The van der Waals surface area contributed by atoms with Crippen molar-refractivity contribution in [1.29, 1.82) is 0 Å². The number of carbonyl (C=O) groups is 2. The van der Waals surface area contributed by atoms with Gasteiger partial charge in [-0.3, -0.25) is 9.59 Å².